The van der Waals surface area contributed by atoms with E-state index in [0.717, 1.165) is 19.3 Å². The van der Waals surface area contributed by atoms with Crippen LogP contribution in [-0.4, -0.2) is 40.0 Å². The average Bonchev–Trinajstić information content (AvgIpc) is 2.69. The fraction of sp³-hybridized carbons (Fsp3) is 0.857. The van der Waals surface area contributed by atoms with Gasteiger partial charge >= 0.3 is 5.97 Å². The molecule has 19 heavy (non-hydrogen) atoms. The molecule has 0 radical (unpaired) electrons. The minimum Gasteiger partial charge on any atom is -0.481 e. The Bertz CT molecular complexity index is 385. The number of rotatable bonds is 2. The summed E-state index contributed by atoms with van der Waals surface area (Å²) in [5, 5.41) is 9.13. The summed E-state index contributed by atoms with van der Waals surface area (Å²) in [7, 11) is 0. The summed E-state index contributed by atoms with van der Waals surface area (Å²) in [6, 6.07) is -0.248. The molecule has 1 saturated heterocycles. The molecule has 3 N–H and O–H groups in total. The van der Waals surface area contributed by atoms with Crippen molar-refractivity contribution in [3.8, 4) is 0 Å². The summed E-state index contributed by atoms with van der Waals surface area (Å²) < 4.78 is 0. The lowest BCUT2D eigenvalue weighted by molar-refractivity contribution is -0.144. The Kier molecular flexibility index (Phi) is 3.85. The number of carboxylic acid groups (broad SMARTS) is 1. The van der Waals surface area contributed by atoms with Crippen molar-refractivity contribution in [1.29, 1.82) is 0 Å². The summed E-state index contributed by atoms with van der Waals surface area (Å²) in [4.78, 5) is 25.5. The molecule has 4 atom stereocenters. The maximum atomic E-state index is 12.7. The number of carbonyl (C=O) groups excluding carboxylic acids is 1. The van der Waals surface area contributed by atoms with Crippen LogP contribution in [0.5, 0.6) is 0 Å². The number of carbonyl (C=O) groups is 2. The van der Waals surface area contributed by atoms with Crippen LogP contribution < -0.4 is 5.73 Å². The third-order valence-corrected chi connectivity index (χ3v) is 4.79. The van der Waals surface area contributed by atoms with Crippen LogP contribution in [0.1, 0.15) is 46.0 Å². The van der Waals surface area contributed by atoms with E-state index in [9.17, 15) is 9.59 Å². The molecule has 1 aliphatic heterocycles. The maximum Gasteiger partial charge on any atom is 0.308 e. The first-order chi connectivity index (χ1) is 8.85. The zero-order chi connectivity index (χ0) is 14.2. The van der Waals surface area contributed by atoms with Gasteiger partial charge in [-0.3, -0.25) is 9.59 Å². The SMILES string of the molecule is CC1CCCC(N)(C(=O)N2CCC(C(=O)O)C2C)C1. The van der Waals surface area contributed by atoms with Gasteiger partial charge in [0.05, 0.1) is 11.5 Å². The Hall–Kier alpha value is -1.10. The van der Waals surface area contributed by atoms with E-state index >= 15 is 0 Å². The summed E-state index contributed by atoms with van der Waals surface area (Å²) in [5.74, 6) is -0.842. The highest BCUT2D eigenvalue weighted by Crippen LogP contribution is 2.34. The second-order valence-electron chi connectivity index (χ2n) is 6.33. The molecule has 0 aromatic carbocycles. The van der Waals surface area contributed by atoms with E-state index in [4.69, 9.17) is 10.8 Å². The van der Waals surface area contributed by atoms with Gasteiger partial charge in [-0.25, -0.2) is 0 Å². The molecule has 4 unspecified atom stereocenters. The van der Waals surface area contributed by atoms with Crippen LogP contribution in [0.25, 0.3) is 0 Å². The fourth-order valence-corrected chi connectivity index (χ4v) is 3.63. The van der Waals surface area contributed by atoms with Gasteiger partial charge in [0.25, 0.3) is 0 Å². The van der Waals surface area contributed by atoms with Gasteiger partial charge in [0.2, 0.25) is 5.91 Å². The molecule has 2 fully saturated rings. The van der Waals surface area contributed by atoms with Gasteiger partial charge in [-0.05, 0) is 32.1 Å². The second kappa shape index (κ2) is 5.12. The number of hydrogen-bond acceptors (Lipinski definition) is 3. The van der Waals surface area contributed by atoms with E-state index in [-0.39, 0.29) is 11.9 Å². The van der Waals surface area contributed by atoms with Crippen molar-refractivity contribution in [1.82, 2.24) is 4.90 Å². The van der Waals surface area contributed by atoms with Crippen LogP contribution in [0.3, 0.4) is 0 Å². The van der Waals surface area contributed by atoms with Crippen LogP contribution in [-0.2, 0) is 9.59 Å². The normalized spacial score (nSPS) is 39.3. The maximum absolute atomic E-state index is 12.7. The number of nitrogens with zero attached hydrogens (tertiary/aromatic N) is 1. The lowest BCUT2D eigenvalue weighted by atomic mass is 9.76. The standard InChI is InChI=1S/C14H24N2O3/c1-9-4-3-6-14(15,8-9)13(19)16-7-5-11(10(16)2)12(17)18/h9-11H,3-8,15H2,1-2H3,(H,17,18). The summed E-state index contributed by atoms with van der Waals surface area (Å²) in [6.45, 7) is 4.46. The molecule has 5 nitrogen and oxygen atoms in total. The predicted octanol–water partition coefficient (Wildman–Crippen LogP) is 1.22. The molecule has 1 heterocycles. The first kappa shape index (κ1) is 14.3. The van der Waals surface area contributed by atoms with E-state index in [1.807, 2.05) is 6.92 Å². The molecule has 108 valence electrons. The van der Waals surface area contributed by atoms with Crippen LogP contribution in [0.15, 0.2) is 0 Å². The highest BCUT2D eigenvalue weighted by molar-refractivity contribution is 5.87. The van der Waals surface area contributed by atoms with Gasteiger partial charge in [-0.15, -0.1) is 0 Å². The molecule has 5 heteroatoms. The average molecular weight is 268 g/mol. The Morgan fingerprint density at radius 2 is 2.00 bits per heavy atom. The van der Waals surface area contributed by atoms with Gasteiger partial charge < -0.3 is 15.7 Å². The van der Waals surface area contributed by atoms with E-state index in [1.165, 1.54) is 0 Å². The Balaban J connectivity index is 2.10. The van der Waals surface area contributed by atoms with Crippen LogP contribution in [0, 0.1) is 11.8 Å². The molecule has 0 aromatic heterocycles. The van der Waals surface area contributed by atoms with Crippen molar-refractivity contribution in [3.05, 3.63) is 0 Å². The zero-order valence-corrected chi connectivity index (χ0v) is 11.8. The first-order valence-corrected chi connectivity index (χ1v) is 7.18. The Labute approximate surface area is 114 Å². The number of carboxylic acids is 1. The predicted molar refractivity (Wildman–Crippen MR) is 71.5 cm³/mol. The molecule has 0 spiro atoms. The monoisotopic (exact) mass is 268 g/mol. The van der Waals surface area contributed by atoms with Gasteiger partial charge in [0.1, 0.15) is 0 Å². The van der Waals surface area contributed by atoms with Crippen molar-refractivity contribution in [2.24, 2.45) is 17.6 Å². The number of aliphatic carboxylic acids is 1. The van der Waals surface area contributed by atoms with Crippen LogP contribution in [0.4, 0.5) is 0 Å². The Morgan fingerprint density at radius 3 is 2.53 bits per heavy atom. The largest absolute Gasteiger partial charge is 0.481 e. The third kappa shape index (κ3) is 2.61. The number of nitrogens with two attached hydrogens (primary N) is 1. The summed E-state index contributed by atoms with van der Waals surface area (Å²) in [6.07, 6.45) is 4.07. The zero-order valence-electron chi connectivity index (χ0n) is 11.8. The van der Waals surface area contributed by atoms with Crippen molar-refractivity contribution < 1.29 is 14.7 Å². The third-order valence-electron chi connectivity index (χ3n) is 4.79. The van der Waals surface area contributed by atoms with E-state index in [1.54, 1.807) is 4.90 Å². The lowest BCUT2D eigenvalue weighted by Crippen LogP contribution is -2.58. The molecule has 1 amide bonds. The van der Waals surface area contributed by atoms with Crippen molar-refractivity contribution in [2.45, 2.75) is 57.5 Å². The second-order valence-corrected chi connectivity index (χ2v) is 6.33. The van der Waals surface area contributed by atoms with Crippen molar-refractivity contribution >= 4 is 11.9 Å². The topological polar surface area (TPSA) is 83.6 Å². The summed E-state index contributed by atoms with van der Waals surface area (Å²) in [5.41, 5.74) is 5.54. The first-order valence-electron chi connectivity index (χ1n) is 7.18. The van der Waals surface area contributed by atoms with Crippen LogP contribution >= 0.6 is 0 Å². The molecule has 0 aromatic rings. The number of likely N-dealkylation sites (tertiary alicyclic amines) is 1. The smallest absolute Gasteiger partial charge is 0.308 e. The lowest BCUT2D eigenvalue weighted by Gasteiger charge is -2.39. The quantitative estimate of drug-likeness (QED) is 0.788. The van der Waals surface area contributed by atoms with Crippen LogP contribution in [0.2, 0.25) is 0 Å². The van der Waals surface area contributed by atoms with Gasteiger partial charge in [-0.1, -0.05) is 19.8 Å². The van der Waals surface area contributed by atoms with E-state index in [2.05, 4.69) is 6.92 Å². The number of amides is 1. The van der Waals surface area contributed by atoms with E-state index < -0.39 is 17.4 Å². The highest BCUT2D eigenvalue weighted by Gasteiger charge is 2.46. The van der Waals surface area contributed by atoms with E-state index in [0.29, 0.717) is 25.3 Å². The van der Waals surface area contributed by atoms with Gasteiger partial charge in [0.15, 0.2) is 0 Å². The molecule has 2 aliphatic rings. The molecule has 0 bridgehead atoms. The minimum atomic E-state index is -0.814. The minimum absolute atomic E-state index is 0.0460. The molecular weight excluding hydrogens is 244 g/mol. The fourth-order valence-electron chi connectivity index (χ4n) is 3.63. The van der Waals surface area contributed by atoms with Gasteiger partial charge in [-0.2, -0.15) is 0 Å². The summed E-state index contributed by atoms with van der Waals surface area (Å²) >= 11 is 0. The molecule has 2 rings (SSSR count). The molecule has 1 saturated carbocycles. The highest BCUT2D eigenvalue weighted by atomic mass is 16.4. The number of hydrogen-bond donors (Lipinski definition) is 2. The Morgan fingerprint density at radius 1 is 1.32 bits per heavy atom. The molecule has 1 aliphatic carbocycles. The molecular formula is C14H24N2O3. The van der Waals surface area contributed by atoms with Crippen molar-refractivity contribution in [2.75, 3.05) is 6.54 Å². The van der Waals surface area contributed by atoms with Crippen molar-refractivity contribution in [3.63, 3.8) is 0 Å². The van der Waals surface area contributed by atoms with Gasteiger partial charge in [0, 0.05) is 12.6 Å².